The van der Waals surface area contributed by atoms with Crippen molar-refractivity contribution in [1.29, 1.82) is 0 Å². The molecule has 0 fully saturated rings. The highest BCUT2D eigenvalue weighted by molar-refractivity contribution is 5.17. The quantitative estimate of drug-likeness (QED) is 0.106. The predicted octanol–water partition coefficient (Wildman–Crippen LogP) is 10.2. The van der Waals surface area contributed by atoms with E-state index in [1.165, 1.54) is 0 Å². The van der Waals surface area contributed by atoms with Crippen molar-refractivity contribution in [1.82, 2.24) is 0 Å². The third-order valence-corrected chi connectivity index (χ3v) is 6.22. The topological polar surface area (TPSA) is 20.2 Å². The maximum Gasteiger partial charge on any atom is 0.460 e. The van der Waals surface area contributed by atoms with Crippen LogP contribution in [0.1, 0.15) is 64.2 Å². The summed E-state index contributed by atoms with van der Waals surface area (Å²) in [5.74, 6) is -76.4. The van der Waals surface area contributed by atoms with Gasteiger partial charge < -0.3 is 5.11 Å². The molecule has 43 heavy (non-hydrogen) atoms. The van der Waals surface area contributed by atoms with Crippen LogP contribution in [0.5, 0.6) is 0 Å². The van der Waals surface area contributed by atoms with E-state index in [-0.39, 0.29) is 19.4 Å². The van der Waals surface area contributed by atoms with Gasteiger partial charge in [0.2, 0.25) is 0 Å². The van der Waals surface area contributed by atoms with Crippen molar-refractivity contribution in [2.45, 2.75) is 124 Å². The predicted molar refractivity (Wildman–Crippen MR) is 104 cm³/mol. The molecule has 1 N–H and O–H groups in total. The molecule has 0 saturated carbocycles. The summed E-state index contributed by atoms with van der Waals surface area (Å²) in [5, 5.41) is 8.58. The van der Waals surface area contributed by atoms with Gasteiger partial charge in [0.05, 0.1) is 0 Å². The molecule has 0 bridgehead atoms. The number of rotatable bonds is 19. The Hall–Kier alpha value is -1.51. The first-order chi connectivity index (χ1) is 18.8. The van der Waals surface area contributed by atoms with Crippen molar-refractivity contribution in [2.24, 2.45) is 0 Å². The highest BCUT2D eigenvalue weighted by Crippen LogP contribution is 2.66. The van der Waals surface area contributed by atoms with Crippen LogP contribution < -0.4 is 0 Å². The van der Waals surface area contributed by atoms with Crippen LogP contribution in [0.15, 0.2) is 0 Å². The molecule has 1 nitrogen and oxygen atoms in total. The number of alkyl halides is 21. The van der Waals surface area contributed by atoms with Gasteiger partial charge in [0.1, 0.15) is 0 Å². The Labute approximate surface area is 228 Å². The van der Waals surface area contributed by atoms with Crippen LogP contribution in [-0.4, -0.2) is 71.2 Å². The molecule has 0 aliphatic carbocycles. The minimum atomic E-state index is -9.14. The van der Waals surface area contributed by atoms with Gasteiger partial charge in [0.25, 0.3) is 0 Å². The van der Waals surface area contributed by atoms with Crippen LogP contribution in [-0.2, 0) is 0 Å². The lowest BCUT2D eigenvalue weighted by atomic mass is 9.85. The van der Waals surface area contributed by atoms with E-state index >= 15 is 0 Å². The lowest BCUT2D eigenvalue weighted by molar-refractivity contribution is -0.474. The Morgan fingerprint density at radius 1 is 0.279 bits per heavy atom. The second-order valence-electron chi connectivity index (χ2n) is 9.45. The Balaban J connectivity index is 6.08. The van der Waals surface area contributed by atoms with Gasteiger partial charge in [-0.25, -0.2) is 0 Å². The molecule has 260 valence electrons. The lowest BCUT2D eigenvalue weighted by Crippen LogP contribution is -2.76. The maximum atomic E-state index is 13.9. The van der Waals surface area contributed by atoms with Gasteiger partial charge in [-0.1, -0.05) is 44.9 Å². The highest BCUT2D eigenvalue weighted by Gasteiger charge is 2.97. The average molecular weight is 690 g/mol. The highest BCUT2D eigenvalue weighted by atomic mass is 19.4. The molecule has 0 aliphatic rings. The molecule has 0 spiro atoms. The molecule has 0 radical (unpaired) electrons. The van der Waals surface area contributed by atoms with Crippen molar-refractivity contribution in [2.75, 3.05) is 6.61 Å². The number of unbranched alkanes of at least 4 members (excludes halogenated alkanes) is 8. The van der Waals surface area contributed by atoms with Crippen LogP contribution in [0.25, 0.3) is 0 Å². The number of halogens is 21. The zero-order valence-corrected chi connectivity index (χ0v) is 21.2. The molecule has 0 unspecified atom stereocenters. The fourth-order valence-electron chi connectivity index (χ4n) is 3.44. The molecule has 0 aromatic heterocycles. The average Bonchev–Trinajstić information content (AvgIpc) is 2.83. The van der Waals surface area contributed by atoms with Crippen molar-refractivity contribution in [3.8, 4) is 0 Å². The van der Waals surface area contributed by atoms with E-state index in [1.807, 2.05) is 0 Å². The van der Waals surface area contributed by atoms with E-state index in [1.54, 1.807) is 0 Å². The first-order valence-corrected chi connectivity index (χ1v) is 11.9. The van der Waals surface area contributed by atoms with Gasteiger partial charge in [0.15, 0.2) is 0 Å². The molecular formula is C21H23F21O. The number of aliphatic hydroxyl groups excluding tert-OH is 1. The molecule has 0 heterocycles. The monoisotopic (exact) mass is 690 g/mol. The lowest BCUT2D eigenvalue weighted by Gasteiger charge is -2.44. The number of aliphatic hydroxyl groups is 1. The van der Waals surface area contributed by atoms with E-state index in [4.69, 9.17) is 5.11 Å². The largest absolute Gasteiger partial charge is 0.460 e. The van der Waals surface area contributed by atoms with Crippen LogP contribution >= 0.6 is 0 Å². The van der Waals surface area contributed by atoms with E-state index < -0.39 is 78.7 Å². The summed E-state index contributed by atoms with van der Waals surface area (Å²) in [7, 11) is 0. The van der Waals surface area contributed by atoms with E-state index in [0.717, 1.165) is 0 Å². The first kappa shape index (κ1) is 41.5. The first-order valence-electron chi connectivity index (χ1n) is 11.9. The van der Waals surface area contributed by atoms with Crippen LogP contribution in [0, 0.1) is 0 Å². The zero-order chi connectivity index (χ0) is 34.8. The molecule has 0 aromatic rings. The summed E-state index contributed by atoms with van der Waals surface area (Å²) in [6.45, 7) is -0.0901. The smallest absolute Gasteiger partial charge is 0.396 e. The third kappa shape index (κ3) is 7.01. The molecule has 0 rings (SSSR count). The maximum absolute atomic E-state index is 13.9. The summed E-state index contributed by atoms with van der Waals surface area (Å²) in [6, 6.07) is 0. The van der Waals surface area contributed by atoms with Gasteiger partial charge >= 0.3 is 59.5 Å². The fourth-order valence-corrected chi connectivity index (χ4v) is 3.44. The summed E-state index contributed by atoms with van der Waals surface area (Å²) in [4.78, 5) is 0. The van der Waals surface area contributed by atoms with Crippen molar-refractivity contribution < 1.29 is 97.3 Å². The van der Waals surface area contributed by atoms with Crippen molar-refractivity contribution in [3.05, 3.63) is 0 Å². The van der Waals surface area contributed by atoms with Gasteiger partial charge in [-0.2, -0.15) is 92.2 Å². The summed E-state index contributed by atoms with van der Waals surface area (Å²) in [6.07, 6.45) is -9.42. The normalized spacial score (nSPS) is 15.8. The van der Waals surface area contributed by atoms with Gasteiger partial charge in [0, 0.05) is 13.0 Å². The van der Waals surface area contributed by atoms with E-state index in [9.17, 15) is 92.2 Å². The molecule has 0 atom stereocenters. The summed E-state index contributed by atoms with van der Waals surface area (Å²) in [5.41, 5.74) is 0. The van der Waals surface area contributed by atoms with Crippen molar-refractivity contribution in [3.63, 3.8) is 0 Å². The minimum absolute atomic E-state index is 0.0651. The SMILES string of the molecule is OCCCCCCCCCCCC(F)(F)C(F)(F)C(F)(F)C(F)(F)C(F)(F)C(F)(F)C(F)(F)C(F)(F)C(F)(F)C(F)(F)F. The Morgan fingerprint density at radius 3 is 0.791 bits per heavy atom. The van der Waals surface area contributed by atoms with Crippen LogP contribution in [0.2, 0.25) is 0 Å². The second-order valence-corrected chi connectivity index (χ2v) is 9.45. The molecular weight excluding hydrogens is 667 g/mol. The second kappa shape index (κ2) is 13.1. The number of hydrogen-bond donors (Lipinski definition) is 1. The third-order valence-electron chi connectivity index (χ3n) is 6.22. The summed E-state index contributed by atoms with van der Waals surface area (Å²) < 4.78 is 280. The summed E-state index contributed by atoms with van der Waals surface area (Å²) >= 11 is 0. The standard InChI is InChI=1S/C21H23F21O/c22-12(23,10-8-6-4-2-1-3-5-7-9-11-43)13(24,25)14(26,27)15(28,29)16(30,31)17(32,33)18(34,35)19(36,37)20(38,39)21(40,41)42/h43H,1-11H2. The van der Waals surface area contributed by atoms with Crippen molar-refractivity contribution >= 4 is 0 Å². The Kier molecular flexibility index (Phi) is 12.6. The Morgan fingerprint density at radius 2 is 0.512 bits per heavy atom. The molecule has 0 amide bonds. The van der Waals surface area contributed by atoms with E-state index in [2.05, 4.69) is 0 Å². The molecule has 0 aromatic carbocycles. The Bertz CT molecular complexity index is 877. The van der Waals surface area contributed by atoms with Gasteiger partial charge in [-0.15, -0.1) is 0 Å². The molecule has 22 heteroatoms. The van der Waals surface area contributed by atoms with Gasteiger partial charge in [-0.05, 0) is 12.8 Å². The van der Waals surface area contributed by atoms with Gasteiger partial charge in [-0.3, -0.25) is 0 Å². The van der Waals surface area contributed by atoms with Crippen LogP contribution in [0.4, 0.5) is 92.2 Å². The molecule has 0 saturated heterocycles. The number of hydrogen-bond acceptors (Lipinski definition) is 1. The molecule has 0 aliphatic heterocycles. The van der Waals surface area contributed by atoms with E-state index in [0.29, 0.717) is 32.1 Å². The van der Waals surface area contributed by atoms with Crippen LogP contribution in [0.3, 0.4) is 0 Å². The fraction of sp³-hybridized carbons (Fsp3) is 1.00. The minimum Gasteiger partial charge on any atom is -0.396 e. The zero-order valence-electron chi connectivity index (χ0n) is 21.2.